The molecule has 0 radical (unpaired) electrons. The van der Waals surface area contributed by atoms with Gasteiger partial charge in [0.2, 0.25) is 0 Å². The summed E-state index contributed by atoms with van der Waals surface area (Å²) in [7, 11) is 2.03. The van der Waals surface area contributed by atoms with E-state index in [0.29, 0.717) is 29.0 Å². The first-order valence-electron chi connectivity index (χ1n) is 12.4. The Morgan fingerprint density at radius 2 is 1.89 bits per heavy atom. The molecule has 2 saturated heterocycles. The number of nitrogens with zero attached hydrogens (tertiary/aromatic N) is 3. The van der Waals surface area contributed by atoms with Crippen molar-refractivity contribution in [2.24, 2.45) is 0 Å². The average Bonchev–Trinajstić information content (AvgIpc) is 2.86. The number of carbonyl (C=O) groups is 1. The Hall–Kier alpha value is -2.69. The summed E-state index contributed by atoms with van der Waals surface area (Å²) in [5.74, 6) is 5.67. The van der Waals surface area contributed by atoms with Crippen LogP contribution in [0.4, 0.5) is 4.39 Å². The molecule has 2 aliphatic rings. The highest BCUT2D eigenvalue weighted by Crippen LogP contribution is 2.22. The highest BCUT2D eigenvalue weighted by Gasteiger charge is 2.29. The van der Waals surface area contributed by atoms with Crippen LogP contribution in [0.15, 0.2) is 54.7 Å². The monoisotopic (exact) mass is 509 g/mol. The fraction of sp³-hybridized carbons (Fsp3) is 0.414. The summed E-state index contributed by atoms with van der Waals surface area (Å²) >= 11 is 6.20. The van der Waals surface area contributed by atoms with Crippen molar-refractivity contribution in [1.82, 2.24) is 14.7 Å². The van der Waals surface area contributed by atoms with Crippen LogP contribution in [0.3, 0.4) is 0 Å². The lowest BCUT2D eigenvalue weighted by Gasteiger charge is -2.39. The number of ketones is 1. The van der Waals surface area contributed by atoms with Crippen molar-refractivity contribution in [3.63, 3.8) is 0 Å². The summed E-state index contributed by atoms with van der Waals surface area (Å²) in [6.45, 7) is 6.97. The van der Waals surface area contributed by atoms with Gasteiger partial charge in [0.05, 0.1) is 0 Å². The molecule has 0 spiro atoms. The van der Waals surface area contributed by atoms with Crippen molar-refractivity contribution in [3.8, 4) is 11.8 Å². The highest BCUT2D eigenvalue weighted by atomic mass is 35.5. The average molecular weight is 510 g/mol. The van der Waals surface area contributed by atoms with Crippen molar-refractivity contribution >= 4 is 17.4 Å². The highest BCUT2D eigenvalue weighted by molar-refractivity contribution is 6.30. The van der Waals surface area contributed by atoms with Crippen LogP contribution < -0.4 is 0 Å². The SMILES string of the molecule is C[C@H]1CN(Cc2ccc(F)cc2)CCN1C=CC(=O)c1ccc(Cl)cc1C#CC1(O)CCN(C)CC1. The van der Waals surface area contributed by atoms with Crippen LogP contribution in [0.2, 0.25) is 5.02 Å². The molecule has 0 saturated carbocycles. The van der Waals surface area contributed by atoms with E-state index >= 15 is 0 Å². The van der Waals surface area contributed by atoms with Gasteiger partial charge in [-0.3, -0.25) is 9.69 Å². The summed E-state index contributed by atoms with van der Waals surface area (Å²) in [6, 6.07) is 11.9. The Morgan fingerprint density at radius 1 is 1.17 bits per heavy atom. The van der Waals surface area contributed by atoms with Crippen molar-refractivity contribution in [2.75, 3.05) is 39.8 Å². The third-order valence-corrected chi connectivity index (χ3v) is 7.23. The number of halogens is 2. The van der Waals surface area contributed by atoms with E-state index in [-0.39, 0.29) is 17.6 Å². The molecule has 190 valence electrons. The van der Waals surface area contributed by atoms with Gasteiger partial charge in [-0.1, -0.05) is 35.6 Å². The Morgan fingerprint density at radius 3 is 2.58 bits per heavy atom. The second-order valence-electron chi connectivity index (χ2n) is 9.90. The molecule has 7 heteroatoms. The molecule has 0 aromatic heterocycles. The van der Waals surface area contributed by atoms with Gasteiger partial charge in [-0.05, 0) is 49.9 Å². The molecule has 0 aliphatic carbocycles. The van der Waals surface area contributed by atoms with Gasteiger partial charge in [0, 0.05) is 86.6 Å². The number of hydrogen-bond donors (Lipinski definition) is 1. The van der Waals surface area contributed by atoms with Crippen LogP contribution in [0.25, 0.3) is 0 Å². The lowest BCUT2D eigenvalue weighted by atomic mass is 9.91. The van der Waals surface area contributed by atoms with Crippen LogP contribution in [0.1, 0.15) is 41.3 Å². The summed E-state index contributed by atoms with van der Waals surface area (Å²) in [5.41, 5.74) is 1.04. The van der Waals surface area contributed by atoms with E-state index in [1.807, 2.05) is 25.4 Å². The number of piperazine rings is 1. The van der Waals surface area contributed by atoms with E-state index in [1.54, 1.807) is 24.3 Å². The van der Waals surface area contributed by atoms with Crippen LogP contribution in [-0.2, 0) is 6.54 Å². The molecule has 1 atom stereocenters. The first kappa shape index (κ1) is 26.4. The number of carbonyl (C=O) groups excluding carboxylic acids is 1. The molecule has 0 amide bonds. The fourth-order valence-corrected chi connectivity index (χ4v) is 4.82. The van der Waals surface area contributed by atoms with Gasteiger partial charge in [0.15, 0.2) is 5.78 Å². The minimum atomic E-state index is -1.05. The topological polar surface area (TPSA) is 47.0 Å². The van der Waals surface area contributed by atoms with Crippen molar-refractivity contribution in [2.45, 2.75) is 38.0 Å². The second kappa shape index (κ2) is 11.6. The molecule has 2 fully saturated rings. The normalized spacial score (nSPS) is 20.8. The predicted octanol–water partition coefficient (Wildman–Crippen LogP) is 4.19. The lowest BCUT2D eigenvalue weighted by Crippen LogP contribution is -2.49. The molecule has 4 rings (SSSR count). The molecule has 2 aliphatic heterocycles. The van der Waals surface area contributed by atoms with Crippen molar-refractivity contribution in [1.29, 1.82) is 0 Å². The van der Waals surface area contributed by atoms with Crippen LogP contribution >= 0.6 is 11.6 Å². The molecule has 2 aromatic rings. The van der Waals surface area contributed by atoms with E-state index < -0.39 is 5.60 Å². The van der Waals surface area contributed by atoms with Gasteiger partial charge >= 0.3 is 0 Å². The number of hydrogen-bond acceptors (Lipinski definition) is 5. The molecule has 2 aromatic carbocycles. The Labute approximate surface area is 218 Å². The minimum absolute atomic E-state index is 0.146. The third-order valence-electron chi connectivity index (χ3n) is 6.99. The van der Waals surface area contributed by atoms with Gasteiger partial charge in [-0.25, -0.2) is 4.39 Å². The fourth-order valence-electron chi connectivity index (χ4n) is 4.65. The van der Waals surface area contributed by atoms with E-state index in [9.17, 15) is 14.3 Å². The van der Waals surface area contributed by atoms with E-state index in [2.05, 4.69) is 33.5 Å². The molecule has 36 heavy (non-hydrogen) atoms. The summed E-state index contributed by atoms with van der Waals surface area (Å²) in [4.78, 5) is 19.8. The summed E-state index contributed by atoms with van der Waals surface area (Å²) < 4.78 is 13.2. The lowest BCUT2D eigenvalue weighted by molar-refractivity contribution is 0.0350. The standard InChI is InChI=1S/C29H33ClFN3O2/c1-22-20-33(21-23-3-6-26(31)7-4-23)17-18-34(22)14-10-28(35)27-8-5-25(30)19-24(27)9-11-29(36)12-15-32(2)16-13-29/h3-8,10,14,19,22,36H,12-13,15-18,20-21H2,1-2H3/t22-/m0/s1. The zero-order valence-electron chi connectivity index (χ0n) is 20.9. The summed E-state index contributed by atoms with van der Waals surface area (Å²) in [5, 5.41) is 11.3. The van der Waals surface area contributed by atoms with E-state index in [4.69, 9.17) is 11.6 Å². The van der Waals surface area contributed by atoms with Crippen molar-refractivity contribution in [3.05, 3.63) is 82.3 Å². The molecular weight excluding hydrogens is 477 g/mol. The number of piperidine rings is 1. The Bertz CT molecular complexity index is 1160. The Balaban J connectivity index is 1.40. The van der Waals surface area contributed by atoms with Gasteiger partial charge in [-0.2, -0.15) is 0 Å². The molecule has 2 heterocycles. The zero-order chi connectivity index (χ0) is 25.7. The van der Waals surface area contributed by atoms with E-state index in [1.165, 1.54) is 12.1 Å². The zero-order valence-corrected chi connectivity index (χ0v) is 21.6. The van der Waals surface area contributed by atoms with Gasteiger partial charge in [-0.15, -0.1) is 0 Å². The maximum Gasteiger partial charge on any atom is 0.188 e. The third kappa shape index (κ3) is 6.96. The quantitative estimate of drug-likeness (QED) is 0.372. The number of likely N-dealkylation sites (tertiary alicyclic amines) is 1. The molecule has 1 N–H and O–H groups in total. The minimum Gasteiger partial charge on any atom is -0.377 e. The maximum atomic E-state index is 13.2. The Kier molecular flexibility index (Phi) is 8.48. The van der Waals surface area contributed by atoms with Crippen LogP contribution in [0.5, 0.6) is 0 Å². The van der Waals surface area contributed by atoms with Crippen LogP contribution in [0, 0.1) is 17.7 Å². The van der Waals surface area contributed by atoms with Gasteiger partial charge < -0.3 is 14.9 Å². The number of allylic oxidation sites excluding steroid dienone is 1. The number of benzene rings is 2. The van der Waals surface area contributed by atoms with Gasteiger partial charge in [0.1, 0.15) is 11.4 Å². The number of aliphatic hydroxyl groups is 1. The first-order chi connectivity index (χ1) is 17.2. The maximum absolute atomic E-state index is 13.2. The first-order valence-corrected chi connectivity index (χ1v) is 12.8. The molecule has 5 nitrogen and oxygen atoms in total. The largest absolute Gasteiger partial charge is 0.377 e. The molecular formula is C29H33ClFN3O2. The van der Waals surface area contributed by atoms with E-state index in [0.717, 1.165) is 44.8 Å². The smallest absolute Gasteiger partial charge is 0.188 e. The molecule has 0 bridgehead atoms. The number of rotatable bonds is 5. The van der Waals surface area contributed by atoms with Crippen LogP contribution in [-0.4, -0.2) is 77.0 Å². The second-order valence-corrected chi connectivity index (χ2v) is 10.3. The van der Waals surface area contributed by atoms with Gasteiger partial charge in [0.25, 0.3) is 0 Å². The molecule has 0 unspecified atom stereocenters. The predicted molar refractivity (Wildman–Crippen MR) is 141 cm³/mol. The summed E-state index contributed by atoms with van der Waals surface area (Å²) in [6.07, 6.45) is 4.60. The van der Waals surface area contributed by atoms with Crippen molar-refractivity contribution < 1.29 is 14.3 Å².